The number of nitriles is 1. The lowest BCUT2D eigenvalue weighted by molar-refractivity contribution is 0.305. The first-order chi connectivity index (χ1) is 8.70. The summed E-state index contributed by atoms with van der Waals surface area (Å²) in [4.78, 5) is 3.87. The van der Waals surface area contributed by atoms with Crippen LogP contribution in [0, 0.1) is 17.1 Å². The lowest BCUT2D eigenvalue weighted by Gasteiger charge is -2.07. The predicted molar refractivity (Wildman–Crippen MR) is 64.7 cm³/mol. The molecule has 18 heavy (non-hydrogen) atoms. The van der Waals surface area contributed by atoms with E-state index in [2.05, 4.69) is 4.98 Å². The summed E-state index contributed by atoms with van der Waals surface area (Å²) in [6.45, 7) is 0.195. The van der Waals surface area contributed by atoms with Gasteiger partial charge in [-0.15, -0.1) is 0 Å². The van der Waals surface area contributed by atoms with Crippen LogP contribution in [0.1, 0.15) is 11.1 Å². The number of pyridine rings is 1. The van der Waals surface area contributed by atoms with Gasteiger partial charge in [0.1, 0.15) is 18.5 Å². The molecule has 0 spiro atoms. The SMILES string of the molecule is N#Cc1cc(COc2cccnc2Cl)ccc1F. The van der Waals surface area contributed by atoms with E-state index in [-0.39, 0.29) is 17.3 Å². The monoisotopic (exact) mass is 262 g/mol. The maximum atomic E-state index is 13.1. The Morgan fingerprint density at radius 3 is 2.94 bits per heavy atom. The van der Waals surface area contributed by atoms with Crippen LogP contribution in [-0.4, -0.2) is 4.98 Å². The number of nitrogens with zero attached hydrogens (tertiary/aromatic N) is 2. The molecule has 0 aliphatic rings. The van der Waals surface area contributed by atoms with E-state index < -0.39 is 5.82 Å². The molecule has 0 aliphatic carbocycles. The summed E-state index contributed by atoms with van der Waals surface area (Å²) in [5, 5.41) is 8.97. The number of benzene rings is 1. The van der Waals surface area contributed by atoms with Gasteiger partial charge in [0.25, 0.3) is 0 Å². The summed E-state index contributed by atoms with van der Waals surface area (Å²) in [5.41, 5.74) is 0.682. The quantitative estimate of drug-likeness (QED) is 0.797. The largest absolute Gasteiger partial charge is 0.486 e. The average Bonchev–Trinajstić information content (AvgIpc) is 2.39. The number of hydrogen-bond acceptors (Lipinski definition) is 3. The second-order valence-corrected chi connectivity index (χ2v) is 3.87. The van der Waals surface area contributed by atoms with Gasteiger partial charge in [0.15, 0.2) is 10.9 Å². The summed E-state index contributed by atoms with van der Waals surface area (Å²) in [6.07, 6.45) is 1.56. The third kappa shape index (κ3) is 2.76. The molecule has 0 saturated carbocycles. The Morgan fingerprint density at radius 2 is 2.22 bits per heavy atom. The van der Waals surface area contributed by atoms with Crippen molar-refractivity contribution >= 4 is 11.6 Å². The van der Waals surface area contributed by atoms with Gasteiger partial charge >= 0.3 is 0 Å². The molecule has 5 heteroatoms. The fourth-order valence-electron chi connectivity index (χ4n) is 1.39. The van der Waals surface area contributed by atoms with Crippen LogP contribution in [0.3, 0.4) is 0 Å². The van der Waals surface area contributed by atoms with Crippen LogP contribution in [0.5, 0.6) is 5.75 Å². The summed E-state index contributed by atoms with van der Waals surface area (Å²) in [6, 6.07) is 9.40. The zero-order valence-electron chi connectivity index (χ0n) is 9.23. The first kappa shape index (κ1) is 12.3. The second-order valence-electron chi connectivity index (χ2n) is 3.51. The Balaban J connectivity index is 2.12. The highest BCUT2D eigenvalue weighted by molar-refractivity contribution is 6.30. The van der Waals surface area contributed by atoms with Gasteiger partial charge in [-0.25, -0.2) is 9.37 Å². The van der Waals surface area contributed by atoms with Crippen molar-refractivity contribution in [2.24, 2.45) is 0 Å². The highest BCUT2D eigenvalue weighted by atomic mass is 35.5. The molecule has 1 aromatic heterocycles. The maximum absolute atomic E-state index is 13.1. The van der Waals surface area contributed by atoms with E-state index in [1.54, 1.807) is 30.5 Å². The van der Waals surface area contributed by atoms with E-state index in [9.17, 15) is 4.39 Å². The Bertz CT molecular complexity index is 610. The van der Waals surface area contributed by atoms with Gasteiger partial charge in [-0.3, -0.25) is 0 Å². The van der Waals surface area contributed by atoms with Crippen molar-refractivity contribution in [3.63, 3.8) is 0 Å². The third-order valence-corrected chi connectivity index (χ3v) is 2.55. The fraction of sp³-hybridized carbons (Fsp3) is 0.0769. The highest BCUT2D eigenvalue weighted by Gasteiger charge is 2.05. The molecule has 0 unspecified atom stereocenters. The van der Waals surface area contributed by atoms with Crippen LogP contribution < -0.4 is 4.74 Å². The summed E-state index contributed by atoms with van der Waals surface area (Å²) < 4.78 is 18.5. The van der Waals surface area contributed by atoms with E-state index in [4.69, 9.17) is 21.6 Å². The highest BCUT2D eigenvalue weighted by Crippen LogP contribution is 2.21. The summed E-state index contributed by atoms with van der Waals surface area (Å²) in [7, 11) is 0. The second kappa shape index (κ2) is 5.48. The minimum absolute atomic E-state index is 0.00613. The number of halogens is 2. The van der Waals surface area contributed by atoms with Gasteiger partial charge < -0.3 is 4.74 Å². The van der Waals surface area contributed by atoms with E-state index in [1.165, 1.54) is 12.1 Å². The molecule has 90 valence electrons. The first-order valence-corrected chi connectivity index (χ1v) is 5.50. The average molecular weight is 263 g/mol. The van der Waals surface area contributed by atoms with E-state index in [0.29, 0.717) is 11.3 Å². The molecule has 0 bridgehead atoms. The van der Waals surface area contributed by atoms with Crippen LogP contribution in [0.4, 0.5) is 4.39 Å². The zero-order valence-corrected chi connectivity index (χ0v) is 9.99. The molecule has 2 aromatic rings. The Morgan fingerprint density at radius 1 is 1.39 bits per heavy atom. The molecule has 0 N–H and O–H groups in total. The molecule has 0 saturated heterocycles. The smallest absolute Gasteiger partial charge is 0.171 e. The van der Waals surface area contributed by atoms with E-state index in [1.807, 2.05) is 0 Å². The number of hydrogen-bond donors (Lipinski definition) is 0. The third-order valence-electron chi connectivity index (χ3n) is 2.27. The molecular weight excluding hydrogens is 255 g/mol. The summed E-state index contributed by atoms with van der Waals surface area (Å²) >= 11 is 5.83. The molecule has 0 amide bonds. The van der Waals surface area contributed by atoms with Crippen molar-refractivity contribution in [3.8, 4) is 11.8 Å². The fourth-order valence-corrected chi connectivity index (χ4v) is 1.56. The zero-order chi connectivity index (χ0) is 13.0. The van der Waals surface area contributed by atoms with Crippen LogP contribution in [-0.2, 0) is 6.61 Å². The molecule has 2 rings (SSSR count). The van der Waals surface area contributed by atoms with Crippen LogP contribution in [0.25, 0.3) is 0 Å². The van der Waals surface area contributed by atoms with E-state index in [0.717, 1.165) is 0 Å². The van der Waals surface area contributed by atoms with Crippen LogP contribution >= 0.6 is 11.6 Å². The molecule has 0 radical (unpaired) electrons. The Kier molecular flexibility index (Phi) is 3.75. The van der Waals surface area contributed by atoms with Crippen molar-refractivity contribution in [1.82, 2.24) is 4.98 Å². The van der Waals surface area contributed by atoms with Crippen molar-refractivity contribution in [2.45, 2.75) is 6.61 Å². The standard InChI is InChI=1S/C13H8ClFN2O/c14-13-12(2-1-5-17-13)18-8-9-3-4-11(15)10(6-9)7-16/h1-6H,8H2. The molecule has 3 nitrogen and oxygen atoms in total. The lowest BCUT2D eigenvalue weighted by Crippen LogP contribution is -1.98. The molecule has 0 fully saturated rings. The number of ether oxygens (including phenoxy) is 1. The van der Waals surface area contributed by atoms with E-state index >= 15 is 0 Å². The first-order valence-electron chi connectivity index (χ1n) is 5.12. The molecule has 1 aromatic carbocycles. The minimum atomic E-state index is -0.541. The predicted octanol–water partition coefficient (Wildman–Crippen LogP) is 3.32. The van der Waals surface area contributed by atoms with Crippen molar-refractivity contribution in [3.05, 3.63) is 58.6 Å². The van der Waals surface area contributed by atoms with Gasteiger partial charge in [-0.2, -0.15) is 5.26 Å². The van der Waals surface area contributed by atoms with Gasteiger partial charge in [0.2, 0.25) is 0 Å². The number of aromatic nitrogens is 1. The Hall–Kier alpha value is -2.12. The van der Waals surface area contributed by atoms with Crippen molar-refractivity contribution in [2.75, 3.05) is 0 Å². The van der Waals surface area contributed by atoms with Gasteiger partial charge in [-0.05, 0) is 29.8 Å². The van der Waals surface area contributed by atoms with Crippen LogP contribution in [0.15, 0.2) is 36.5 Å². The molecule has 1 heterocycles. The Labute approximate surface area is 108 Å². The topological polar surface area (TPSA) is 45.9 Å². The molecule has 0 atom stereocenters. The summed E-state index contributed by atoms with van der Waals surface area (Å²) in [5.74, 6) is -0.0948. The van der Waals surface area contributed by atoms with Gasteiger partial charge in [0, 0.05) is 6.20 Å². The minimum Gasteiger partial charge on any atom is -0.486 e. The lowest BCUT2D eigenvalue weighted by atomic mass is 10.1. The van der Waals surface area contributed by atoms with Crippen molar-refractivity contribution < 1.29 is 9.13 Å². The number of rotatable bonds is 3. The molecular formula is C13H8ClFN2O. The normalized spacial score (nSPS) is 9.83. The maximum Gasteiger partial charge on any atom is 0.171 e. The van der Waals surface area contributed by atoms with Gasteiger partial charge in [-0.1, -0.05) is 17.7 Å². The van der Waals surface area contributed by atoms with Crippen LogP contribution in [0.2, 0.25) is 5.15 Å². The van der Waals surface area contributed by atoms with Crippen molar-refractivity contribution in [1.29, 1.82) is 5.26 Å². The molecule has 0 aliphatic heterocycles. The van der Waals surface area contributed by atoms with Gasteiger partial charge in [0.05, 0.1) is 5.56 Å².